The molecule has 3 heterocycles. The predicted octanol–water partition coefficient (Wildman–Crippen LogP) is 3.33. The van der Waals surface area contributed by atoms with Crippen LogP contribution in [0.1, 0.15) is 12.7 Å². The molecule has 0 aliphatic rings. The Kier molecular flexibility index (Phi) is 4.78. The summed E-state index contributed by atoms with van der Waals surface area (Å²) in [5.74, 6) is 1.54. The Hall–Kier alpha value is -3.68. The first-order chi connectivity index (χ1) is 13.3. The molecule has 1 N–H and O–H groups in total. The fourth-order valence-electron chi connectivity index (χ4n) is 2.50. The van der Waals surface area contributed by atoms with Gasteiger partial charge in [0.15, 0.2) is 0 Å². The Labute approximate surface area is 155 Å². The van der Waals surface area contributed by atoms with Gasteiger partial charge in [-0.25, -0.2) is 4.68 Å². The Morgan fingerprint density at radius 2 is 1.93 bits per heavy atom. The Morgan fingerprint density at radius 3 is 2.70 bits per heavy atom. The molecule has 0 fully saturated rings. The van der Waals surface area contributed by atoms with E-state index in [4.69, 9.17) is 9.15 Å². The average Bonchev–Trinajstić information content (AvgIpc) is 3.39. The topological polar surface area (TPSA) is 90.9 Å². The fourth-order valence-corrected chi connectivity index (χ4v) is 2.50. The molecule has 0 aliphatic heterocycles. The monoisotopic (exact) mass is 362 g/mol. The SMILES string of the molecule is CCOc1nc(NCc2ccco2)nc(-n2ccc(-c3ccccc3)n2)n1. The zero-order valence-corrected chi connectivity index (χ0v) is 14.7. The second-order valence-electron chi connectivity index (χ2n) is 5.62. The molecule has 0 saturated carbocycles. The van der Waals surface area contributed by atoms with Crippen molar-refractivity contribution in [2.75, 3.05) is 11.9 Å². The van der Waals surface area contributed by atoms with Gasteiger partial charge < -0.3 is 14.5 Å². The van der Waals surface area contributed by atoms with Crippen LogP contribution in [0.3, 0.4) is 0 Å². The predicted molar refractivity (Wildman–Crippen MR) is 99.6 cm³/mol. The van der Waals surface area contributed by atoms with Crippen molar-refractivity contribution in [3.63, 3.8) is 0 Å². The number of hydrogen-bond donors (Lipinski definition) is 1. The van der Waals surface area contributed by atoms with Crippen LogP contribution in [0.5, 0.6) is 6.01 Å². The molecule has 136 valence electrons. The molecular weight excluding hydrogens is 344 g/mol. The van der Waals surface area contributed by atoms with E-state index in [0.29, 0.717) is 25.0 Å². The Bertz CT molecular complexity index is 998. The van der Waals surface area contributed by atoms with Crippen molar-refractivity contribution in [3.05, 3.63) is 66.8 Å². The van der Waals surface area contributed by atoms with E-state index in [-0.39, 0.29) is 6.01 Å². The summed E-state index contributed by atoms with van der Waals surface area (Å²) in [5.41, 5.74) is 1.85. The van der Waals surface area contributed by atoms with Gasteiger partial charge in [0, 0.05) is 11.8 Å². The van der Waals surface area contributed by atoms with Gasteiger partial charge in [-0.1, -0.05) is 30.3 Å². The Morgan fingerprint density at radius 1 is 1.04 bits per heavy atom. The summed E-state index contributed by atoms with van der Waals surface area (Å²) in [6.45, 7) is 2.78. The highest BCUT2D eigenvalue weighted by Crippen LogP contribution is 2.18. The lowest BCUT2D eigenvalue weighted by atomic mass is 10.2. The highest BCUT2D eigenvalue weighted by molar-refractivity contribution is 5.58. The normalized spacial score (nSPS) is 10.7. The molecule has 8 heteroatoms. The molecule has 4 aromatic rings. The zero-order chi connectivity index (χ0) is 18.5. The summed E-state index contributed by atoms with van der Waals surface area (Å²) in [4.78, 5) is 13.1. The lowest BCUT2D eigenvalue weighted by molar-refractivity contribution is 0.311. The van der Waals surface area contributed by atoms with E-state index in [1.54, 1.807) is 10.9 Å². The number of hydrogen-bond acceptors (Lipinski definition) is 7. The van der Waals surface area contributed by atoms with Crippen molar-refractivity contribution in [1.82, 2.24) is 24.7 Å². The molecule has 1 aromatic carbocycles. The molecule has 27 heavy (non-hydrogen) atoms. The summed E-state index contributed by atoms with van der Waals surface area (Å²) < 4.78 is 12.4. The van der Waals surface area contributed by atoms with Crippen molar-refractivity contribution >= 4 is 5.95 Å². The molecule has 0 saturated heterocycles. The van der Waals surface area contributed by atoms with E-state index >= 15 is 0 Å². The number of aromatic nitrogens is 5. The van der Waals surface area contributed by atoms with Gasteiger partial charge in [-0.2, -0.15) is 20.1 Å². The smallest absolute Gasteiger partial charge is 0.323 e. The maximum atomic E-state index is 5.47. The minimum atomic E-state index is 0.237. The number of furan rings is 1. The van der Waals surface area contributed by atoms with E-state index < -0.39 is 0 Å². The van der Waals surface area contributed by atoms with Crippen molar-refractivity contribution in [2.24, 2.45) is 0 Å². The van der Waals surface area contributed by atoms with Crippen LogP contribution in [0.2, 0.25) is 0 Å². The van der Waals surface area contributed by atoms with Crippen LogP contribution < -0.4 is 10.1 Å². The molecule has 0 radical (unpaired) electrons. The molecule has 0 unspecified atom stereocenters. The molecule has 0 spiro atoms. The quantitative estimate of drug-likeness (QED) is 0.539. The first-order valence-corrected chi connectivity index (χ1v) is 8.58. The van der Waals surface area contributed by atoms with Crippen molar-refractivity contribution in [3.8, 4) is 23.2 Å². The largest absolute Gasteiger partial charge is 0.467 e. The third kappa shape index (κ3) is 3.95. The highest BCUT2D eigenvalue weighted by Gasteiger charge is 2.11. The van der Waals surface area contributed by atoms with Gasteiger partial charge in [-0.05, 0) is 25.1 Å². The summed E-state index contributed by atoms with van der Waals surface area (Å²) in [6, 6.07) is 15.8. The van der Waals surface area contributed by atoms with Crippen LogP contribution in [0.25, 0.3) is 17.2 Å². The standard InChI is InChI=1S/C19H18N6O2/c1-2-26-19-22-17(20-13-15-9-6-12-27-15)21-18(23-19)25-11-10-16(24-25)14-7-4-3-5-8-14/h3-12H,2,13H2,1H3,(H,20,21,22,23). The second-order valence-corrected chi connectivity index (χ2v) is 5.62. The lowest BCUT2D eigenvalue weighted by Gasteiger charge is -2.08. The van der Waals surface area contributed by atoms with Crippen LogP contribution in [0.15, 0.2) is 65.4 Å². The molecular formula is C19H18N6O2. The van der Waals surface area contributed by atoms with Crippen LogP contribution >= 0.6 is 0 Å². The number of ether oxygens (including phenoxy) is 1. The lowest BCUT2D eigenvalue weighted by Crippen LogP contribution is -2.11. The maximum absolute atomic E-state index is 5.47. The van der Waals surface area contributed by atoms with Crippen LogP contribution in [-0.2, 0) is 6.54 Å². The molecule has 8 nitrogen and oxygen atoms in total. The highest BCUT2D eigenvalue weighted by atomic mass is 16.5. The summed E-state index contributed by atoms with van der Waals surface area (Å²) in [5, 5.41) is 7.68. The van der Waals surface area contributed by atoms with Crippen LogP contribution in [0, 0.1) is 0 Å². The average molecular weight is 362 g/mol. The first kappa shape index (κ1) is 16.8. The van der Waals surface area contributed by atoms with Gasteiger partial charge >= 0.3 is 6.01 Å². The van der Waals surface area contributed by atoms with Gasteiger partial charge in [0.25, 0.3) is 5.95 Å². The van der Waals surface area contributed by atoms with E-state index in [1.807, 2.05) is 61.7 Å². The van der Waals surface area contributed by atoms with E-state index in [2.05, 4.69) is 25.4 Å². The Balaban J connectivity index is 1.62. The minimum Gasteiger partial charge on any atom is -0.467 e. The van der Waals surface area contributed by atoms with Crippen LogP contribution in [0.4, 0.5) is 5.95 Å². The van der Waals surface area contributed by atoms with Gasteiger partial charge in [0.05, 0.1) is 25.1 Å². The van der Waals surface area contributed by atoms with Crippen molar-refractivity contribution in [1.29, 1.82) is 0 Å². The van der Waals surface area contributed by atoms with E-state index in [9.17, 15) is 0 Å². The summed E-state index contributed by atoms with van der Waals surface area (Å²) >= 11 is 0. The minimum absolute atomic E-state index is 0.237. The van der Waals surface area contributed by atoms with Gasteiger partial charge in [0.2, 0.25) is 5.95 Å². The molecule has 3 aromatic heterocycles. The van der Waals surface area contributed by atoms with E-state index in [1.165, 1.54) is 0 Å². The molecule has 0 atom stereocenters. The molecule has 4 rings (SSSR count). The van der Waals surface area contributed by atoms with Crippen molar-refractivity contribution in [2.45, 2.75) is 13.5 Å². The fraction of sp³-hybridized carbons (Fsp3) is 0.158. The number of nitrogens with zero attached hydrogens (tertiary/aromatic N) is 5. The van der Waals surface area contributed by atoms with Gasteiger partial charge in [-0.3, -0.25) is 0 Å². The third-order valence-corrected chi connectivity index (χ3v) is 3.74. The number of anilines is 1. The zero-order valence-electron chi connectivity index (χ0n) is 14.7. The number of benzene rings is 1. The molecule has 0 aliphatic carbocycles. The summed E-state index contributed by atoms with van der Waals surface area (Å²) in [6.07, 6.45) is 3.43. The van der Waals surface area contributed by atoms with Gasteiger partial charge in [-0.15, -0.1) is 0 Å². The van der Waals surface area contributed by atoms with E-state index in [0.717, 1.165) is 17.0 Å². The molecule has 0 bridgehead atoms. The van der Waals surface area contributed by atoms with Gasteiger partial charge in [0.1, 0.15) is 5.76 Å². The van der Waals surface area contributed by atoms with Crippen molar-refractivity contribution < 1.29 is 9.15 Å². The third-order valence-electron chi connectivity index (χ3n) is 3.74. The molecule has 0 amide bonds. The maximum Gasteiger partial charge on any atom is 0.323 e. The number of rotatable bonds is 7. The summed E-state index contributed by atoms with van der Waals surface area (Å²) in [7, 11) is 0. The van der Waals surface area contributed by atoms with Crippen LogP contribution in [-0.4, -0.2) is 31.3 Å². The number of nitrogens with one attached hydrogen (secondary N) is 1. The second kappa shape index (κ2) is 7.69. The first-order valence-electron chi connectivity index (χ1n) is 8.58.